The molecule has 0 fully saturated rings. The summed E-state index contributed by atoms with van der Waals surface area (Å²) in [5.74, 6) is 0. The Labute approximate surface area is 70.9 Å². The first kappa shape index (κ1) is 11.2. The minimum absolute atomic E-state index is 0.323. The SMILES string of the molecule is [CH2]CCP(=O)(C(C)C)C(C)C. The average Bonchev–Trinajstić information content (AvgIpc) is 1.87. The van der Waals surface area contributed by atoms with Crippen molar-refractivity contribution in [2.75, 3.05) is 6.16 Å². The Hall–Kier alpha value is 0.230. The van der Waals surface area contributed by atoms with Crippen LogP contribution in [-0.4, -0.2) is 17.5 Å². The van der Waals surface area contributed by atoms with E-state index in [1.54, 1.807) is 0 Å². The second-order valence-electron chi connectivity index (χ2n) is 3.62. The Balaban J connectivity index is 4.40. The summed E-state index contributed by atoms with van der Waals surface area (Å²) in [5.41, 5.74) is 0.647. The van der Waals surface area contributed by atoms with Gasteiger partial charge in [-0.05, 0) is 6.42 Å². The molecule has 0 aliphatic carbocycles. The minimum Gasteiger partial charge on any atom is -0.323 e. The molecule has 1 radical (unpaired) electrons. The van der Waals surface area contributed by atoms with Gasteiger partial charge in [0.25, 0.3) is 0 Å². The lowest BCUT2D eigenvalue weighted by Gasteiger charge is -2.25. The maximum absolute atomic E-state index is 12.2. The van der Waals surface area contributed by atoms with Gasteiger partial charge >= 0.3 is 0 Å². The van der Waals surface area contributed by atoms with E-state index in [4.69, 9.17) is 0 Å². The molecule has 0 aliphatic heterocycles. The third kappa shape index (κ3) is 2.63. The lowest BCUT2D eigenvalue weighted by Crippen LogP contribution is -2.11. The fourth-order valence-corrected chi connectivity index (χ4v) is 4.08. The molecule has 0 saturated heterocycles. The summed E-state index contributed by atoms with van der Waals surface area (Å²) in [4.78, 5) is 0. The monoisotopic (exact) mass is 175 g/mol. The summed E-state index contributed by atoms with van der Waals surface area (Å²) < 4.78 is 12.2. The molecule has 1 nitrogen and oxygen atoms in total. The van der Waals surface area contributed by atoms with Gasteiger partial charge < -0.3 is 4.57 Å². The molecule has 0 rings (SSSR count). The van der Waals surface area contributed by atoms with E-state index in [-0.39, 0.29) is 0 Å². The Morgan fingerprint density at radius 1 is 1.18 bits per heavy atom. The lowest BCUT2D eigenvalue weighted by atomic mass is 10.5. The third-order valence-corrected chi connectivity index (χ3v) is 6.77. The first-order chi connectivity index (χ1) is 4.95. The normalized spacial score (nSPS) is 13.0. The summed E-state index contributed by atoms with van der Waals surface area (Å²) in [7, 11) is -1.93. The molecule has 67 valence electrons. The van der Waals surface area contributed by atoms with E-state index in [1.165, 1.54) is 0 Å². The largest absolute Gasteiger partial charge is 0.323 e. The van der Waals surface area contributed by atoms with Gasteiger partial charge in [0.05, 0.1) is 7.14 Å². The van der Waals surface area contributed by atoms with Crippen molar-refractivity contribution in [3.8, 4) is 0 Å². The molecule has 0 aromatic rings. The summed E-state index contributed by atoms with van der Waals surface area (Å²) in [6, 6.07) is 0. The van der Waals surface area contributed by atoms with E-state index in [2.05, 4.69) is 34.6 Å². The van der Waals surface area contributed by atoms with Gasteiger partial charge in [-0.3, -0.25) is 0 Å². The molecular weight excluding hydrogens is 155 g/mol. The Bertz CT molecular complexity index is 138. The molecule has 0 aromatic heterocycles. The van der Waals surface area contributed by atoms with Crippen LogP contribution in [0.3, 0.4) is 0 Å². The van der Waals surface area contributed by atoms with Crippen molar-refractivity contribution in [2.45, 2.75) is 45.4 Å². The van der Waals surface area contributed by atoms with Crippen LogP contribution in [0.15, 0.2) is 0 Å². The molecule has 0 saturated carbocycles. The quantitative estimate of drug-likeness (QED) is 0.598. The van der Waals surface area contributed by atoms with Crippen molar-refractivity contribution in [2.24, 2.45) is 0 Å². The summed E-state index contributed by atoms with van der Waals surface area (Å²) in [6.45, 7) is 12.0. The second kappa shape index (κ2) is 4.30. The van der Waals surface area contributed by atoms with Gasteiger partial charge in [-0.15, -0.1) is 0 Å². The van der Waals surface area contributed by atoms with Crippen molar-refractivity contribution in [1.82, 2.24) is 0 Å². The van der Waals surface area contributed by atoms with Gasteiger partial charge in [-0.2, -0.15) is 0 Å². The molecule has 0 bridgehead atoms. The fourth-order valence-electron chi connectivity index (χ4n) is 1.36. The lowest BCUT2D eigenvalue weighted by molar-refractivity contribution is 0.561. The van der Waals surface area contributed by atoms with Crippen LogP contribution in [0.4, 0.5) is 0 Å². The molecule has 0 spiro atoms. The third-order valence-electron chi connectivity index (χ3n) is 2.26. The Morgan fingerprint density at radius 3 is 1.64 bits per heavy atom. The zero-order valence-electron chi connectivity index (χ0n) is 8.13. The van der Waals surface area contributed by atoms with E-state index >= 15 is 0 Å². The highest BCUT2D eigenvalue weighted by Crippen LogP contribution is 2.55. The van der Waals surface area contributed by atoms with E-state index in [9.17, 15) is 4.57 Å². The molecule has 0 heterocycles. The van der Waals surface area contributed by atoms with Crippen molar-refractivity contribution in [3.63, 3.8) is 0 Å². The van der Waals surface area contributed by atoms with E-state index < -0.39 is 7.14 Å². The second-order valence-corrected chi connectivity index (χ2v) is 7.84. The maximum Gasteiger partial charge on any atom is 0.0925 e. The first-order valence-electron chi connectivity index (χ1n) is 4.32. The predicted octanol–water partition coefficient (Wildman–Crippen LogP) is 3.39. The van der Waals surface area contributed by atoms with Crippen LogP contribution in [0.25, 0.3) is 0 Å². The minimum atomic E-state index is -1.93. The molecule has 0 aromatic carbocycles. The smallest absolute Gasteiger partial charge is 0.0925 e. The Kier molecular flexibility index (Phi) is 4.39. The van der Waals surface area contributed by atoms with Crippen molar-refractivity contribution in [1.29, 1.82) is 0 Å². The van der Waals surface area contributed by atoms with Crippen LogP contribution in [0, 0.1) is 6.92 Å². The van der Waals surface area contributed by atoms with Crippen LogP contribution < -0.4 is 0 Å². The zero-order valence-corrected chi connectivity index (χ0v) is 9.03. The van der Waals surface area contributed by atoms with Gasteiger partial charge in [0.2, 0.25) is 0 Å². The van der Waals surface area contributed by atoms with E-state index in [0.29, 0.717) is 11.3 Å². The van der Waals surface area contributed by atoms with Crippen LogP contribution in [0.1, 0.15) is 34.1 Å². The van der Waals surface area contributed by atoms with Crippen molar-refractivity contribution >= 4 is 7.14 Å². The molecule has 0 N–H and O–H groups in total. The van der Waals surface area contributed by atoms with Crippen LogP contribution in [0.5, 0.6) is 0 Å². The molecule has 0 atom stereocenters. The fraction of sp³-hybridized carbons (Fsp3) is 0.889. The van der Waals surface area contributed by atoms with Crippen molar-refractivity contribution < 1.29 is 4.57 Å². The first-order valence-corrected chi connectivity index (χ1v) is 6.36. The molecule has 2 heteroatoms. The van der Waals surface area contributed by atoms with E-state index in [0.717, 1.165) is 12.6 Å². The highest BCUT2D eigenvalue weighted by atomic mass is 31.2. The number of hydrogen-bond donors (Lipinski definition) is 0. The highest BCUT2D eigenvalue weighted by molar-refractivity contribution is 7.65. The van der Waals surface area contributed by atoms with Gasteiger partial charge in [-0.25, -0.2) is 0 Å². The van der Waals surface area contributed by atoms with Crippen LogP contribution in [0.2, 0.25) is 0 Å². The van der Waals surface area contributed by atoms with Gasteiger partial charge in [0.1, 0.15) is 0 Å². The summed E-state index contributed by atoms with van der Waals surface area (Å²) in [6.07, 6.45) is 1.61. The standard InChI is InChI=1S/C9H20OP/c1-6-7-11(10,8(2)3)9(4)5/h8-9H,1,6-7H2,2-5H3. The summed E-state index contributed by atoms with van der Waals surface area (Å²) in [5, 5.41) is 0. The molecule has 0 unspecified atom stereocenters. The van der Waals surface area contributed by atoms with E-state index in [1.807, 2.05) is 0 Å². The highest BCUT2D eigenvalue weighted by Gasteiger charge is 2.28. The maximum atomic E-state index is 12.2. The summed E-state index contributed by atoms with van der Waals surface area (Å²) >= 11 is 0. The average molecular weight is 175 g/mol. The molecule has 11 heavy (non-hydrogen) atoms. The van der Waals surface area contributed by atoms with Crippen LogP contribution in [-0.2, 0) is 4.57 Å². The molecule has 0 aliphatic rings. The predicted molar refractivity (Wildman–Crippen MR) is 52.7 cm³/mol. The zero-order chi connectivity index (χ0) is 9.07. The molecular formula is C9H20OP. The van der Waals surface area contributed by atoms with Gasteiger partial charge in [0, 0.05) is 17.5 Å². The van der Waals surface area contributed by atoms with Crippen LogP contribution >= 0.6 is 7.14 Å². The Morgan fingerprint density at radius 2 is 1.55 bits per heavy atom. The van der Waals surface area contributed by atoms with Crippen molar-refractivity contribution in [3.05, 3.63) is 6.92 Å². The number of hydrogen-bond acceptors (Lipinski definition) is 1. The molecule has 0 amide bonds. The number of rotatable bonds is 4. The van der Waals surface area contributed by atoms with Gasteiger partial charge in [0.15, 0.2) is 0 Å². The van der Waals surface area contributed by atoms with Gasteiger partial charge in [-0.1, -0.05) is 34.6 Å². The topological polar surface area (TPSA) is 17.1 Å².